The van der Waals surface area contributed by atoms with Crippen molar-refractivity contribution in [1.82, 2.24) is 29.5 Å². The molecule has 0 spiro atoms. The highest BCUT2D eigenvalue weighted by Crippen LogP contribution is 2.36. The van der Waals surface area contributed by atoms with Gasteiger partial charge in [-0.3, -0.25) is 19.7 Å². The molecule has 0 aromatic carbocycles. The van der Waals surface area contributed by atoms with Crippen molar-refractivity contribution in [2.45, 2.75) is 50.2 Å². The molecule has 1 N–H and O–H groups in total. The summed E-state index contributed by atoms with van der Waals surface area (Å²) in [6.45, 7) is 7.54. The number of nitrogens with one attached hydrogen (secondary N) is 1. The van der Waals surface area contributed by atoms with Gasteiger partial charge in [-0.05, 0) is 44.3 Å². The number of piperidine rings is 2. The zero-order valence-corrected chi connectivity index (χ0v) is 17.4. The van der Waals surface area contributed by atoms with Gasteiger partial charge in [-0.25, -0.2) is 4.98 Å². The zero-order chi connectivity index (χ0) is 20.1. The summed E-state index contributed by atoms with van der Waals surface area (Å²) in [6, 6.07) is 4.93. The number of ether oxygens (including phenoxy) is 1. The van der Waals surface area contributed by atoms with E-state index in [1.807, 2.05) is 0 Å². The zero-order valence-electron chi connectivity index (χ0n) is 17.4. The monoisotopic (exact) mass is 410 g/mol. The van der Waals surface area contributed by atoms with E-state index in [2.05, 4.69) is 41.7 Å². The van der Waals surface area contributed by atoms with Crippen molar-refractivity contribution < 1.29 is 4.74 Å². The molecule has 2 aromatic rings. The van der Waals surface area contributed by atoms with E-state index in [0.29, 0.717) is 23.8 Å². The molecule has 8 heteroatoms. The quantitative estimate of drug-likeness (QED) is 0.815. The van der Waals surface area contributed by atoms with Gasteiger partial charge >= 0.3 is 0 Å². The Morgan fingerprint density at radius 3 is 2.70 bits per heavy atom. The SMILES string of the molecule is O=c1c(CN2CCC(c3ncn[nH]3)CC2)ccc2n1C[C@H]1C[C@@H]2CN(C2COC2)C1. The van der Waals surface area contributed by atoms with E-state index >= 15 is 0 Å². The maximum Gasteiger partial charge on any atom is 0.255 e. The Hall–Kier alpha value is -2.03. The fourth-order valence-electron chi connectivity index (χ4n) is 5.90. The van der Waals surface area contributed by atoms with Gasteiger partial charge in [-0.1, -0.05) is 6.07 Å². The standard InChI is InChI=1S/C22H30N6O2/c29-22-17(10-26-5-3-16(4-6-26)21-23-14-24-25-21)1-2-20-18-7-15(9-28(20)22)8-27(11-18)19-12-30-13-19/h1-2,14-16,18-19H,3-13H2,(H,23,24,25)/t15-,18+/m0/s1. The van der Waals surface area contributed by atoms with Gasteiger partial charge in [-0.15, -0.1) is 0 Å². The number of hydrogen-bond donors (Lipinski definition) is 1. The first-order valence-corrected chi connectivity index (χ1v) is 11.4. The lowest BCUT2D eigenvalue weighted by Gasteiger charge is -2.47. The third-order valence-corrected chi connectivity index (χ3v) is 7.65. The normalized spacial score (nSPS) is 28.3. The minimum absolute atomic E-state index is 0.236. The largest absolute Gasteiger partial charge is 0.378 e. The lowest BCUT2D eigenvalue weighted by Crippen LogP contribution is -2.56. The number of rotatable bonds is 4. The van der Waals surface area contributed by atoms with E-state index in [0.717, 1.165) is 76.7 Å². The molecule has 2 bridgehead atoms. The average molecular weight is 411 g/mol. The molecule has 4 aliphatic heterocycles. The molecular weight excluding hydrogens is 380 g/mol. The number of aromatic nitrogens is 4. The topological polar surface area (TPSA) is 79.3 Å². The summed E-state index contributed by atoms with van der Waals surface area (Å²) < 4.78 is 7.51. The van der Waals surface area contributed by atoms with Crippen molar-refractivity contribution >= 4 is 0 Å². The summed E-state index contributed by atoms with van der Waals surface area (Å²) in [5, 5.41) is 6.99. The summed E-state index contributed by atoms with van der Waals surface area (Å²) in [4.78, 5) is 22.7. The van der Waals surface area contributed by atoms with Crippen LogP contribution >= 0.6 is 0 Å². The van der Waals surface area contributed by atoms with E-state index in [1.165, 1.54) is 12.1 Å². The predicted molar refractivity (Wildman–Crippen MR) is 111 cm³/mol. The molecular formula is C22H30N6O2. The molecule has 6 heterocycles. The van der Waals surface area contributed by atoms with Gasteiger partial charge in [0.05, 0.1) is 19.3 Å². The second-order valence-electron chi connectivity index (χ2n) is 9.56. The Bertz CT molecular complexity index is 945. The van der Waals surface area contributed by atoms with Crippen LogP contribution in [-0.2, 0) is 17.8 Å². The summed E-state index contributed by atoms with van der Waals surface area (Å²) in [7, 11) is 0. The molecule has 0 unspecified atom stereocenters. The van der Waals surface area contributed by atoms with Crippen LogP contribution in [-0.4, -0.2) is 75.0 Å². The molecule has 4 aliphatic rings. The number of H-pyrrole nitrogens is 1. The van der Waals surface area contributed by atoms with Gasteiger partial charge in [0, 0.05) is 49.3 Å². The molecule has 0 amide bonds. The van der Waals surface area contributed by atoms with Gasteiger partial charge < -0.3 is 9.30 Å². The Kier molecular flexibility index (Phi) is 4.73. The Labute approximate surface area is 176 Å². The number of nitrogens with zero attached hydrogens (tertiary/aromatic N) is 5. The van der Waals surface area contributed by atoms with E-state index in [-0.39, 0.29) is 5.56 Å². The summed E-state index contributed by atoms with van der Waals surface area (Å²) in [5.41, 5.74) is 2.43. The summed E-state index contributed by atoms with van der Waals surface area (Å²) in [5.74, 6) is 2.52. The molecule has 0 radical (unpaired) electrons. The molecule has 3 saturated heterocycles. The van der Waals surface area contributed by atoms with Crippen molar-refractivity contribution in [2.75, 3.05) is 39.4 Å². The molecule has 30 heavy (non-hydrogen) atoms. The van der Waals surface area contributed by atoms with Crippen LogP contribution in [0.15, 0.2) is 23.3 Å². The molecule has 8 nitrogen and oxygen atoms in total. The maximum atomic E-state index is 13.3. The minimum atomic E-state index is 0.236. The van der Waals surface area contributed by atoms with E-state index < -0.39 is 0 Å². The lowest BCUT2D eigenvalue weighted by atomic mass is 9.82. The first-order chi connectivity index (χ1) is 14.7. The molecule has 0 aliphatic carbocycles. The van der Waals surface area contributed by atoms with E-state index in [1.54, 1.807) is 6.33 Å². The highest BCUT2D eigenvalue weighted by Gasteiger charge is 2.39. The average Bonchev–Trinajstić information content (AvgIpc) is 3.25. The Morgan fingerprint density at radius 1 is 1.10 bits per heavy atom. The van der Waals surface area contributed by atoms with Gasteiger partial charge in [0.2, 0.25) is 0 Å². The highest BCUT2D eigenvalue weighted by molar-refractivity contribution is 5.22. The van der Waals surface area contributed by atoms with E-state index in [9.17, 15) is 4.79 Å². The Morgan fingerprint density at radius 2 is 1.97 bits per heavy atom. The molecule has 6 rings (SSSR count). The second-order valence-corrected chi connectivity index (χ2v) is 9.56. The van der Waals surface area contributed by atoms with Crippen LogP contribution in [0.1, 0.15) is 48.2 Å². The van der Waals surface area contributed by atoms with Crippen molar-refractivity contribution in [1.29, 1.82) is 0 Å². The maximum absolute atomic E-state index is 13.3. The van der Waals surface area contributed by atoms with Crippen LogP contribution in [0.2, 0.25) is 0 Å². The van der Waals surface area contributed by atoms with Crippen LogP contribution in [0.25, 0.3) is 0 Å². The first-order valence-electron chi connectivity index (χ1n) is 11.4. The molecule has 2 aromatic heterocycles. The van der Waals surface area contributed by atoms with Crippen LogP contribution in [0, 0.1) is 5.92 Å². The van der Waals surface area contributed by atoms with E-state index in [4.69, 9.17) is 4.74 Å². The molecule has 0 saturated carbocycles. The van der Waals surface area contributed by atoms with Crippen molar-refractivity contribution in [2.24, 2.45) is 5.92 Å². The van der Waals surface area contributed by atoms with Gasteiger partial charge in [0.25, 0.3) is 5.56 Å². The van der Waals surface area contributed by atoms with Crippen LogP contribution < -0.4 is 5.56 Å². The molecule has 160 valence electrons. The van der Waals surface area contributed by atoms with Crippen LogP contribution in [0.3, 0.4) is 0 Å². The van der Waals surface area contributed by atoms with Crippen molar-refractivity contribution in [3.63, 3.8) is 0 Å². The Balaban J connectivity index is 1.15. The summed E-state index contributed by atoms with van der Waals surface area (Å²) >= 11 is 0. The highest BCUT2D eigenvalue weighted by atomic mass is 16.5. The summed E-state index contributed by atoms with van der Waals surface area (Å²) in [6.07, 6.45) is 4.93. The molecule has 2 atom stereocenters. The third-order valence-electron chi connectivity index (χ3n) is 7.65. The number of aromatic amines is 1. The lowest BCUT2D eigenvalue weighted by molar-refractivity contribution is -0.0827. The third kappa shape index (κ3) is 3.31. The minimum Gasteiger partial charge on any atom is -0.378 e. The first kappa shape index (κ1) is 18.7. The van der Waals surface area contributed by atoms with Crippen molar-refractivity contribution in [3.8, 4) is 0 Å². The van der Waals surface area contributed by atoms with Crippen LogP contribution in [0.5, 0.6) is 0 Å². The van der Waals surface area contributed by atoms with Gasteiger partial charge in [-0.2, -0.15) is 5.10 Å². The number of pyridine rings is 1. The predicted octanol–water partition coefficient (Wildman–Crippen LogP) is 1.16. The molecule has 3 fully saturated rings. The van der Waals surface area contributed by atoms with Gasteiger partial charge in [0.1, 0.15) is 12.2 Å². The smallest absolute Gasteiger partial charge is 0.255 e. The van der Waals surface area contributed by atoms with Crippen LogP contribution in [0.4, 0.5) is 0 Å². The second kappa shape index (κ2) is 7.59. The number of likely N-dealkylation sites (tertiary alicyclic amines) is 2. The number of hydrogen-bond acceptors (Lipinski definition) is 6. The number of fused-ring (bicyclic) bond motifs is 4. The van der Waals surface area contributed by atoms with Gasteiger partial charge in [0.15, 0.2) is 0 Å². The fourth-order valence-corrected chi connectivity index (χ4v) is 5.90. The fraction of sp³-hybridized carbons (Fsp3) is 0.682. The van der Waals surface area contributed by atoms with Crippen molar-refractivity contribution in [3.05, 3.63) is 45.9 Å².